The van der Waals surface area contributed by atoms with E-state index in [0.717, 1.165) is 12.8 Å². The van der Waals surface area contributed by atoms with Crippen LogP contribution in [0.4, 0.5) is 0 Å². The van der Waals surface area contributed by atoms with Crippen molar-refractivity contribution in [2.24, 2.45) is 0 Å². The third-order valence-electron chi connectivity index (χ3n) is 3.04. The van der Waals surface area contributed by atoms with Crippen LogP contribution in [0.3, 0.4) is 0 Å². The van der Waals surface area contributed by atoms with Gasteiger partial charge in [0.2, 0.25) is 0 Å². The summed E-state index contributed by atoms with van der Waals surface area (Å²) in [6.45, 7) is 16.7. The van der Waals surface area contributed by atoms with E-state index in [9.17, 15) is 14.4 Å². The zero-order valence-corrected chi connectivity index (χ0v) is 16.6. The van der Waals surface area contributed by atoms with Crippen LogP contribution < -0.4 is 0 Å². The number of hydrogen-bond donors (Lipinski definition) is 0. The van der Waals surface area contributed by atoms with Gasteiger partial charge in [0.1, 0.15) is 11.9 Å². The van der Waals surface area contributed by atoms with Crippen molar-refractivity contribution >= 4 is 25.8 Å². The molecule has 0 saturated heterocycles. The summed E-state index contributed by atoms with van der Waals surface area (Å²) in [5.74, 6) is -0.474. The van der Waals surface area contributed by atoms with Crippen molar-refractivity contribution in [2.75, 3.05) is 6.23 Å². The van der Waals surface area contributed by atoms with Crippen LogP contribution in [-0.2, 0) is 23.9 Å². The van der Waals surface area contributed by atoms with Crippen molar-refractivity contribution in [3.63, 3.8) is 0 Å². The quantitative estimate of drug-likeness (QED) is 0.428. The molecule has 0 N–H and O–H groups in total. The molecule has 0 aromatic carbocycles. The highest BCUT2D eigenvalue weighted by Gasteiger charge is 2.22. The van der Waals surface area contributed by atoms with Crippen LogP contribution in [0.25, 0.3) is 0 Å². The molecule has 0 heterocycles. The maximum Gasteiger partial charge on any atom is 0.333 e. The summed E-state index contributed by atoms with van der Waals surface area (Å²) in [6.07, 6.45) is 2.99. The summed E-state index contributed by atoms with van der Waals surface area (Å²) < 4.78 is 10.1. The predicted octanol–water partition coefficient (Wildman–Crippen LogP) is 3.60. The molecule has 1 unspecified atom stereocenters. The SMILES string of the molecule is C=C(C)C(=O)OC1CCCC(=O)C1.C=C(C)C(=O)OC[Si](C)(C)C. The smallest absolute Gasteiger partial charge is 0.333 e. The Morgan fingerprint density at radius 2 is 1.67 bits per heavy atom. The van der Waals surface area contributed by atoms with E-state index in [1.54, 1.807) is 13.8 Å². The summed E-state index contributed by atoms with van der Waals surface area (Å²) >= 11 is 0. The molecule has 0 aliphatic heterocycles. The lowest BCUT2D eigenvalue weighted by Gasteiger charge is -2.20. The van der Waals surface area contributed by atoms with Gasteiger partial charge in [-0.05, 0) is 26.7 Å². The first kappa shape index (κ1) is 22.3. The topological polar surface area (TPSA) is 69.7 Å². The molecule has 1 atom stereocenters. The minimum absolute atomic E-state index is 0.186. The van der Waals surface area contributed by atoms with E-state index in [0.29, 0.717) is 30.2 Å². The first-order valence-electron chi connectivity index (χ1n) is 8.13. The second-order valence-corrected chi connectivity index (χ2v) is 12.8. The first-order chi connectivity index (χ1) is 10.9. The summed E-state index contributed by atoms with van der Waals surface area (Å²) in [6, 6.07) is 0. The zero-order valence-electron chi connectivity index (χ0n) is 15.6. The Bertz CT molecular complexity index is 502. The van der Waals surface area contributed by atoms with Gasteiger partial charge >= 0.3 is 11.9 Å². The number of ketones is 1. The first-order valence-corrected chi connectivity index (χ1v) is 11.8. The van der Waals surface area contributed by atoms with Crippen molar-refractivity contribution in [3.05, 3.63) is 24.3 Å². The molecule has 136 valence electrons. The van der Waals surface area contributed by atoms with Crippen LogP contribution in [-0.4, -0.2) is 38.1 Å². The second-order valence-electron chi connectivity index (χ2n) is 7.36. The molecule has 0 bridgehead atoms. The van der Waals surface area contributed by atoms with Gasteiger partial charge in [0.05, 0.1) is 14.3 Å². The minimum Gasteiger partial charge on any atom is -0.466 e. The number of carbonyl (C=O) groups excluding carboxylic acids is 3. The van der Waals surface area contributed by atoms with Gasteiger partial charge in [-0.2, -0.15) is 0 Å². The Hall–Kier alpha value is -1.69. The largest absolute Gasteiger partial charge is 0.466 e. The van der Waals surface area contributed by atoms with E-state index in [-0.39, 0.29) is 23.8 Å². The van der Waals surface area contributed by atoms with E-state index >= 15 is 0 Å². The maximum absolute atomic E-state index is 11.1. The molecule has 0 radical (unpaired) electrons. The third kappa shape index (κ3) is 10.9. The Kier molecular flexibility index (Phi) is 9.51. The van der Waals surface area contributed by atoms with E-state index < -0.39 is 8.07 Å². The number of ether oxygens (including phenoxy) is 2. The number of esters is 2. The number of Topliss-reactive ketones (excluding diaryl/α,β-unsaturated/α-hetero) is 1. The summed E-state index contributed by atoms with van der Waals surface area (Å²) in [4.78, 5) is 33.0. The van der Waals surface area contributed by atoms with Crippen LogP contribution in [0.5, 0.6) is 0 Å². The summed E-state index contributed by atoms with van der Waals surface area (Å²) in [5.41, 5.74) is 0.862. The van der Waals surface area contributed by atoms with Gasteiger partial charge in [0.15, 0.2) is 0 Å². The lowest BCUT2D eigenvalue weighted by molar-refractivity contribution is -0.147. The van der Waals surface area contributed by atoms with Crippen LogP contribution >= 0.6 is 0 Å². The molecule has 1 aliphatic carbocycles. The van der Waals surface area contributed by atoms with Gasteiger partial charge in [-0.3, -0.25) is 4.79 Å². The van der Waals surface area contributed by atoms with E-state index in [2.05, 4.69) is 32.8 Å². The van der Waals surface area contributed by atoms with E-state index in [1.807, 2.05) is 0 Å². The Morgan fingerprint density at radius 1 is 1.12 bits per heavy atom. The lowest BCUT2D eigenvalue weighted by Crippen LogP contribution is -2.29. The number of rotatable bonds is 5. The molecule has 1 aliphatic rings. The molecule has 1 rings (SSSR count). The van der Waals surface area contributed by atoms with Crippen LogP contribution in [0, 0.1) is 0 Å². The molecule has 24 heavy (non-hydrogen) atoms. The highest BCUT2D eigenvalue weighted by Crippen LogP contribution is 2.18. The van der Waals surface area contributed by atoms with Crippen LogP contribution in [0.1, 0.15) is 39.5 Å². The highest BCUT2D eigenvalue weighted by atomic mass is 28.3. The van der Waals surface area contributed by atoms with Crippen molar-refractivity contribution in [1.29, 1.82) is 0 Å². The Balaban J connectivity index is 0.000000449. The average Bonchev–Trinajstić information content (AvgIpc) is 2.44. The second kappa shape index (κ2) is 10.2. The molecule has 5 nitrogen and oxygen atoms in total. The molecule has 0 amide bonds. The predicted molar refractivity (Wildman–Crippen MR) is 97.3 cm³/mol. The fourth-order valence-electron chi connectivity index (χ4n) is 1.74. The van der Waals surface area contributed by atoms with Crippen molar-refractivity contribution in [3.8, 4) is 0 Å². The fraction of sp³-hybridized carbons (Fsp3) is 0.611. The number of carbonyl (C=O) groups is 3. The fourth-order valence-corrected chi connectivity index (χ4v) is 2.31. The molecular formula is C18H30O5Si. The van der Waals surface area contributed by atoms with Gasteiger partial charge in [-0.15, -0.1) is 0 Å². The maximum atomic E-state index is 11.1. The van der Waals surface area contributed by atoms with Gasteiger partial charge < -0.3 is 9.47 Å². The molecular weight excluding hydrogens is 324 g/mol. The Labute approximate surface area is 146 Å². The van der Waals surface area contributed by atoms with E-state index in [1.165, 1.54) is 0 Å². The normalized spacial score (nSPS) is 17.2. The minimum atomic E-state index is -1.25. The average molecular weight is 355 g/mol. The van der Waals surface area contributed by atoms with E-state index in [4.69, 9.17) is 9.47 Å². The number of hydrogen-bond acceptors (Lipinski definition) is 5. The zero-order chi connectivity index (χ0) is 18.9. The van der Waals surface area contributed by atoms with Gasteiger partial charge in [0, 0.05) is 24.0 Å². The van der Waals surface area contributed by atoms with Crippen molar-refractivity contribution < 1.29 is 23.9 Å². The Morgan fingerprint density at radius 3 is 2.08 bits per heavy atom. The molecule has 6 heteroatoms. The summed E-state index contributed by atoms with van der Waals surface area (Å²) in [7, 11) is -1.25. The third-order valence-corrected chi connectivity index (χ3v) is 4.05. The molecule has 0 spiro atoms. The molecule has 1 fully saturated rings. The van der Waals surface area contributed by atoms with Gasteiger partial charge in [-0.1, -0.05) is 32.8 Å². The van der Waals surface area contributed by atoms with Crippen molar-refractivity contribution in [2.45, 2.75) is 65.3 Å². The van der Waals surface area contributed by atoms with Gasteiger partial charge in [-0.25, -0.2) is 9.59 Å². The van der Waals surface area contributed by atoms with Crippen molar-refractivity contribution in [1.82, 2.24) is 0 Å². The molecule has 0 aromatic heterocycles. The lowest BCUT2D eigenvalue weighted by atomic mass is 9.96. The standard InChI is InChI=1S/C10H14O3.C8H16O2Si/c1-7(2)10(12)13-9-5-3-4-8(11)6-9;1-7(2)8(9)10-6-11(3,4)5/h9H,1,3-6H2,2H3;1,6H2,2-5H3. The monoisotopic (exact) mass is 354 g/mol. The van der Waals surface area contributed by atoms with Crippen LogP contribution in [0.2, 0.25) is 19.6 Å². The molecule has 1 saturated carbocycles. The summed E-state index contributed by atoms with van der Waals surface area (Å²) in [5, 5.41) is 0. The highest BCUT2D eigenvalue weighted by molar-refractivity contribution is 6.76. The van der Waals surface area contributed by atoms with Crippen LogP contribution in [0.15, 0.2) is 24.3 Å². The molecule has 0 aromatic rings. The van der Waals surface area contributed by atoms with Gasteiger partial charge in [0.25, 0.3) is 0 Å².